The van der Waals surface area contributed by atoms with E-state index in [2.05, 4.69) is 5.32 Å². The van der Waals surface area contributed by atoms with Crippen LogP contribution in [0.25, 0.3) is 0 Å². The average Bonchev–Trinajstić information content (AvgIpc) is 3.25. The number of hydrogen-bond acceptors (Lipinski definition) is 8. The van der Waals surface area contributed by atoms with Crippen molar-refractivity contribution in [1.82, 2.24) is 4.90 Å². The zero-order valence-electron chi connectivity index (χ0n) is 22.8. The van der Waals surface area contributed by atoms with Gasteiger partial charge in [-0.2, -0.15) is 0 Å². The van der Waals surface area contributed by atoms with Gasteiger partial charge in [0.2, 0.25) is 11.8 Å². The number of aliphatic imine (C=N–C) groups is 1. The number of ketones is 1. The van der Waals surface area contributed by atoms with Crippen molar-refractivity contribution in [2.75, 3.05) is 33.2 Å². The second-order valence-corrected chi connectivity index (χ2v) is 10.2. The number of carbonyl (C=O) groups excluding carboxylic acids is 3. The number of amides is 2. The fraction of sp³-hybridized carbons (Fsp3) is 0.267. The summed E-state index contributed by atoms with van der Waals surface area (Å²) in [5.41, 5.74) is 2.75. The van der Waals surface area contributed by atoms with Crippen LogP contribution < -0.4 is 19.5 Å². The number of rotatable bonds is 11. The number of methoxy groups -OCH3 is 3. The van der Waals surface area contributed by atoms with Crippen molar-refractivity contribution < 1.29 is 28.6 Å². The molecule has 0 radical (unpaired) electrons. The topological polar surface area (TPSA) is 107 Å². The molecule has 1 N–H and O–H groups in total. The molecule has 0 spiro atoms. The highest BCUT2D eigenvalue weighted by Crippen LogP contribution is 2.33. The minimum Gasteiger partial charge on any atom is -0.497 e. The molecule has 1 aliphatic rings. The number of amidine groups is 1. The maximum atomic E-state index is 13.5. The Hall–Kier alpha value is -4.31. The summed E-state index contributed by atoms with van der Waals surface area (Å²) in [7, 11) is 4.75. The van der Waals surface area contributed by atoms with E-state index in [9.17, 15) is 14.4 Å². The number of carbonyl (C=O) groups is 3. The number of anilines is 1. The molecule has 9 nitrogen and oxygen atoms in total. The first-order chi connectivity index (χ1) is 19.3. The van der Waals surface area contributed by atoms with Crippen LogP contribution in [0.15, 0.2) is 71.7 Å². The molecule has 0 aliphatic carbocycles. The largest absolute Gasteiger partial charge is 0.497 e. The summed E-state index contributed by atoms with van der Waals surface area (Å²) in [6.45, 7) is 1.86. The Balaban J connectivity index is 1.51. The fourth-order valence-electron chi connectivity index (χ4n) is 4.14. The Morgan fingerprint density at radius 2 is 1.62 bits per heavy atom. The molecule has 1 atom stereocenters. The molecule has 40 heavy (non-hydrogen) atoms. The summed E-state index contributed by atoms with van der Waals surface area (Å²) in [6.07, 6.45) is 0.530. The summed E-state index contributed by atoms with van der Waals surface area (Å²) in [6, 6.07) is 19.5. The standard InChI is InChI=1S/C30H31N3O6S/c1-19(34)21-6-8-22(9-7-21)31-28(35)18-27-29(36)33(16-15-20-5-14-25(38-3)26(17-20)39-4)30(40-27)32-23-10-12-24(37-2)13-11-23/h5-14,17,27H,15-16,18H2,1-4H3,(H,31,35). The second-order valence-electron chi connectivity index (χ2n) is 9.01. The molecule has 3 aromatic rings. The predicted octanol–water partition coefficient (Wildman–Crippen LogP) is 5.12. The molecule has 1 heterocycles. The number of thioether (sulfide) groups is 1. The molecule has 208 valence electrons. The van der Waals surface area contributed by atoms with E-state index < -0.39 is 5.25 Å². The van der Waals surface area contributed by atoms with Crippen molar-refractivity contribution in [3.63, 3.8) is 0 Å². The number of benzene rings is 3. The van der Waals surface area contributed by atoms with E-state index in [1.165, 1.54) is 18.7 Å². The Morgan fingerprint density at radius 3 is 2.25 bits per heavy atom. The number of nitrogens with zero attached hydrogens (tertiary/aromatic N) is 2. The van der Waals surface area contributed by atoms with E-state index >= 15 is 0 Å². The van der Waals surface area contributed by atoms with E-state index in [0.29, 0.717) is 52.3 Å². The molecule has 2 amide bonds. The molecule has 0 aromatic heterocycles. The Morgan fingerprint density at radius 1 is 0.925 bits per heavy atom. The van der Waals surface area contributed by atoms with Gasteiger partial charge in [-0.05, 0) is 79.6 Å². The summed E-state index contributed by atoms with van der Waals surface area (Å²) in [5, 5.41) is 2.72. The highest BCUT2D eigenvalue weighted by molar-refractivity contribution is 8.15. The van der Waals surface area contributed by atoms with Crippen LogP contribution in [0, 0.1) is 0 Å². The normalized spacial score (nSPS) is 15.7. The minimum absolute atomic E-state index is 0.0214. The molecule has 1 unspecified atom stereocenters. The van der Waals surface area contributed by atoms with Gasteiger partial charge >= 0.3 is 0 Å². The molecular weight excluding hydrogens is 530 g/mol. The lowest BCUT2D eigenvalue weighted by molar-refractivity contribution is -0.128. The maximum Gasteiger partial charge on any atom is 0.242 e. The van der Waals surface area contributed by atoms with Crippen LogP contribution in [-0.2, 0) is 16.0 Å². The zero-order chi connectivity index (χ0) is 28.6. The van der Waals surface area contributed by atoms with E-state index in [1.807, 2.05) is 30.3 Å². The lowest BCUT2D eigenvalue weighted by Gasteiger charge is -2.17. The number of Topliss-reactive ketones (excluding diaryl/α,β-unsaturated/α-hetero) is 1. The van der Waals surface area contributed by atoms with Gasteiger partial charge in [-0.1, -0.05) is 17.8 Å². The number of nitrogens with one attached hydrogen (secondary N) is 1. The third-order valence-corrected chi connectivity index (χ3v) is 7.51. The minimum atomic E-state index is -0.626. The van der Waals surface area contributed by atoms with Crippen molar-refractivity contribution in [3.05, 3.63) is 77.9 Å². The molecule has 1 saturated heterocycles. The predicted molar refractivity (Wildman–Crippen MR) is 156 cm³/mol. The quantitative estimate of drug-likeness (QED) is 0.324. The molecular formula is C30H31N3O6S. The van der Waals surface area contributed by atoms with Crippen molar-refractivity contribution in [1.29, 1.82) is 0 Å². The van der Waals surface area contributed by atoms with Crippen molar-refractivity contribution in [3.8, 4) is 17.2 Å². The van der Waals surface area contributed by atoms with Crippen molar-refractivity contribution in [2.45, 2.75) is 25.0 Å². The Labute approximate surface area is 237 Å². The van der Waals surface area contributed by atoms with Crippen LogP contribution in [0.5, 0.6) is 17.2 Å². The van der Waals surface area contributed by atoms with E-state index in [0.717, 1.165) is 5.56 Å². The average molecular weight is 562 g/mol. The number of ether oxygens (including phenoxy) is 3. The van der Waals surface area contributed by atoms with Gasteiger partial charge < -0.3 is 19.5 Å². The molecule has 1 aliphatic heterocycles. The van der Waals surface area contributed by atoms with Gasteiger partial charge in [0.15, 0.2) is 22.4 Å². The zero-order valence-corrected chi connectivity index (χ0v) is 23.6. The molecule has 1 fully saturated rings. The van der Waals surface area contributed by atoms with Crippen molar-refractivity contribution in [2.24, 2.45) is 4.99 Å². The monoisotopic (exact) mass is 561 g/mol. The lowest BCUT2D eigenvalue weighted by Crippen LogP contribution is -2.35. The second kappa shape index (κ2) is 13.2. The molecule has 0 saturated carbocycles. The summed E-state index contributed by atoms with van der Waals surface area (Å²) in [4.78, 5) is 44.2. The van der Waals surface area contributed by atoms with E-state index in [-0.39, 0.29) is 24.0 Å². The summed E-state index contributed by atoms with van der Waals surface area (Å²) < 4.78 is 16.0. The highest BCUT2D eigenvalue weighted by atomic mass is 32.2. The van der Waals surface area contributed by atoms with E-state index in [1.54, 1.807) is 62.6 Å². The van der Waals surface area contributed by atoms with Crippen LogP contribution in [0.2, 0.25) is 0 Å². The van der Waals surface area contributed by atoms with Gasteiger partial charge in [-0.3, -0.25) is 19.3 Å². The third kappa shape index (κ3) is 7.01. The molecule has 4 rings (SSSR count). The first kappa shape index (κ1) is 28.7. The van der Waals surface area contributed by atoms with Crippen LogP contribution in [0.3, 0.4) is 0 Å². The first-order valence-electron chi connectivity index (χ1n) is 12.6. The van der Waals surface area contributed by atoms with Gasteiger partial charge in [0.1, 0.15) is 11.0 Å². The summed E-state index contributed by atoms with van der Waals surface area (Å²) >= 11 is 1.27. The Kier molecular flexibility index (Phi) is 9.44. The van der Waals surface area contributed by atoms with Crippen LogP contribution in [0.1, 0.15) is 29.3 Å². The van der Waals surface area contributed by atoms with Gasteiger partial charge in [0, 0.05) is 24.2 Å². The SMILES string of the molecule is COc1ccc(N=C2SC(CC(=O)Nc3ccc(C(C)=O)cc3)C(=O)N2CCc2ccc(OC)c(OC)c2)cc1. The molecule has 0 bridgehead atoms. The maximum absolute atomic E-state index is 13.5. The lowest BCUT2D eigenvalue weighted by atomic mass is 10.1. The smallest absolute Gasteiger partial charge is 0.242 e. The van der Waals surface area contributed by atoms with Gasteiger partial charge in [-0.15, -0.1) is 0 Å². The van der Waals surface area contributed by atoms with Crippen LogP contribution in [0.4, 0.5) is 11.4 Å². The number of hydrogen-bond donors (Lipinski definition) is 1. The van der Waals surface area contributed by atoms with Gasteiger partial charge in [-0.25, -0.2) is 4.99 Å². The Bertz CT molecular complexity index is 1410. The van der Waals surface area contributed by atoms with Crippen LogP contribution >= 0.6 is 11.8 Å². The highest BCUT2D eigenvalue weighted by Gasteiger charge is 2.39. The fourth-order valence-corrected chi connectivity index (χ4v) is 5.33. The third-order valence-electron chi connectivity index (χ3n) is 6.34. The van der Waals surface area contributed by atoms with E-state index in [4.69, 9.17) is 19.2 Å². The summed E-state index contributed by atoms with van der Waals surface area (Å²) in [5.74, 6) is 1.41. The van der Waals surface area contributed by atoms with Crippen LogP contribution in [-0.4, -0.2) is 60.8 Å². The molecule has 3 aromatic carbocycles. The van der Waals surface area contributed by atoms with Crippen molar-refractivity contribution >= 4 is 45.9 Å². The first-order valence-corrected chi connectivity index (χ1v) is 13.5. The van der Waals surface area contributed by atoms with Gasteiger partial charge in [0.05, 0.1) is 27.0 Å². The molecule has 10 heteroatoms. The van der Waals surface area contributed by atoms with Gasteiger partial charge in [0.25, 0.3) is 0 Å².